The van der Waals surface area contributed by atoms with E-state index in [-0.39, 0.29) is 6.04 Å². The molecule has 0 radical (unpaired) electrons. The molecule has 0 bridgehead atoms. The molecule has 23 heavy (non-hydrogen) atoms. The highest BCUT2D eigenvalue weighted by atomic mass is 35.5. The Labute approximate surface area is 141 Å². The van der Waals surface area contributed by atoms with E-state index in [0.717, 1.165) is 24.8 Å². The Balaban J connectivity index is 1.80. The Kier molecular flexibility index (Phi) is 4.91. The lowest BCUT2D eigenvalue weighted by molar-refractivity contribution is -0.134. The van der Waals surface area contributed by atoms with Crippen molar-refractivity contribution in [1.29, 1.82) is 0 Å². The molecule has 2 heterocycles. The number of halogens is 4. The molecule has 124 valence electrons. The summed E-state index contributed by atoms with van der Waals surface area (Å²) in [5, 5.41) is 4.45. The van der Waals surface area contributed by atoms with E-state index in [1.54, 1.807) is 0 Å². The van der Waals surface area contributed by atoms with Gasteiger partial charge < -0.3 is 5.32 Å². The van der Waals surface area contributed by atoms with Gasteiger partial charge in [0.1, 0.15) is 9.88 Å². The summed E-state index contributed by atoms with van der Waals surface area (Å²) in [7, 11) is 0. The molecule has 1 N–H and O–H groups in total. The second-order valence-corrected chi connectivity index (χ2v) is 6.85. The summed E-state index contributed by atoms with van der Waals surface area (Å²) in [4.78, 5) is 5.40. The van der Waals surface area contributed by atoms with E-state index < -0.39 is 11.1 Å². The van der Waals surface area contributed by atoms with Gasteiger partial charge in [-0.2, -0.15) is 13.2 Å². The standard InChI is InChI=1S/C15H15ClF3N3S/c16-11-4-2-1-3-10(11)12-7-20-5-6-22(12)9-14-21-8-13(23-14)15(17,18)19/h1-4,8,12,20H,5-7,9H2. The SMILES string of the molecule is FC(F)(F)c1cnc(CN2CCNCC2c2ccccc2Cl)s1. The predicted octanol–water partition coefficient (Wildman–Crippen LogP) is 3.96. The monoisotopic (exact) mass is 361 g/mol. The van der Waals surface area contributed by atoms with Crippen LogP contribution in [0.1, 0.15) is 21.5 Å². The van der Waals surface area contributed by atoms with Gasteiger partial charge in [-0.3, -0.25) is 4.90 Å². The molecule has 1 aliphatic heterocycles. The molecule has 0 saturated carbocycles. The van der Waals surface area contributed by atoms with Crippen molar-refractivity contribution in [3.05, 3.63) is 50.9 Å². The van der Waals surface area contributed by atoms with Crippen LogP contribution < -0.4 is 5.32 Å². The zero-order valence-electron chi connectivity index (χ0n) is 12.1. The van der Waals surface area contributed by atoms with E-state index in [9.17, 15) is 13.2 Å². The maximum Gasteiger partial charge on any atom is 0.427 e. The van der Waals surface area contributed by atoms with Crippen molar-refractivity contribution in [3.63, 3.8) is 0 Å². The van der Waals surface area contributed by atoms with Crippen LogP contribution >= 0.6 is 22.9 Å². The van der Waals surface area contributed by atoms with Crippen LogP contribution in [0.3, 0.4) is 0 Å². The van der Waals surface area contributed by atoms with E-state index in [0.29, 0.717) is 34.5 Å². The maximum atomic E-state index is 12.7. The predicted molar refractivity (Wildman–Crippen MR) is 84.6 cm³/mol. The molecule has 8 heteroatoms. The molecule has 0 amide bonds. The third-order valence-corrected chi connectivity index (χ3v) is 5.16. The van der Waals surface area contributed by atoms with Crippen molar-refractivity contribution in [3.8, 4) is 0 Å². The third kappa shape index (κ3) is 3.85. The summed E-state index contributed by atoms with van der Waals surface area (Å²) in [6.07, 6.45) is -3.42. The molecule has 0 spiro atoms. The molecule has 3 rings (SSSR count). The number of hydrogen-bond acceptors (Lipinski definition) is 4. The topological polar surface area (TPSA) is 28.2 Å². The van der Waals surface area contributed by atoms with Gasteiger partial charge >= 0.3 is 6.18 Å². The minimum absolute atomic E-state index is 0.0238. The van der Waals surface area contributed by atoms with Crippen LogP contribution in [0.15, 0.2) is 30.5 Å². The second-order valence-electron chi connectivity index (χ2n) is 5.33. The Bertz CT molecular complexity index is 674. The summed E-state index contributed by atoms with van der Waals surface area (Å²) in [6, 6.07) is 7.59. The number of nitrogens with one attached hydrogen (secondary N) is 1. The smallest absolute Gasteiger partial charge is 0.314 e. The zero-order chi connectivity index (χ0) is 16.4. The number of rotatable bonds is 3. The van der Waals surface area contributed by atoms with Crippen molar-refractivity contribution in [2.75, 3.05) is 19.6 Å². The van der Waals surface area contributed by atoms with Crippen LogP contribution in [0.5, 0.6) is 0 Å². The van der Waals surface area contributed by atoms with Gasteiger partial charge in [0.05, 0.1) is 12.7 Å². The van der Waals surface area contributed by atoms with E-state index >= 15 is 0 Å². The fraction of sp³-hybridized carbons (Fsp3) is 0.400. The van der Waals surface area contributed by atoms with Gasteiger partial charge in [-0.05, 0) is 11.6 Å². The van der Waals surface area contributed by atoms with E-state index in [4.69, 9.17) is 11.6 Å². The minimum atomic E-state index is -4.33. The highest BCUT2D eigenvalue weighted by molar-refractivity contribution is 7.11. The summed E-state index contributed by atoms with van der Waals surface area (Å²) in [6.45, 7) is 2.62. The van der Waals surface area contributed by atoms with Crippen molar-refractivity contribution in [2.24, 2.45) is 0 Å². The first-order valence-corrected chi connectivity index (χ1v) is 8.35. The third-order valence-electron chi connectivity index (χ3n) is 3.79. The molecular weight excluding hydrogens is 347 g/mol. The largest absolute Gasteiger partial charge is 0.427 e. The van der Waals surface area contributed by atoms with Crippen molar-refractivity contribution < 1.29 is 13.2 Å². The van der Waals surface area contributed by atoms with E-state index in [1.165, 1.54) is 0 Å². The lowest BCUT2D eigenvalue weighted by Gasteiger charge is -2.36. The highest BCUT2D eigenvalue weighted by Crippen LogP contribution is 2.35. The number of aromatic nitrogens is 1. The van der Waals surface area contributed by atoms with Crippen molar-refractivity contribution in [1.82, 2.24) is 15.2 Å². The van der Waals surface area contributed by atoms with Gasteiger partial charge in [0, 0.05) is 30.7 Å². The fourth-order valence-corrected chi connectivity index (χ4v) is 3.75. The first kappa shape index (κ1) is 16.7. The minimum Gasteiger partial charge on any atom is -0.314 e. The first-order valence-electron chi connectivity index (χ1n) is 7.16. The van der Waals surface area contributed by atoms with Crippen LogP contribution in [0.2, 0.25) is 5.02 Å². The summed E-state index contributed by atoms with van der Waals surface area (Å²) in [5.41, 5.74) is 0.981. The molecule has 1 aliphatic rings. The summed E-state index contributed by atoms with van der Waals surface area (Å²) >= 11 is 6.98. The number of thiazole rings is 1. The Morgan fingerprint density at radius 2 is 2.13 bits per heavy atom. The van der Waals surface area contributed by atoms with Gasteiger partial charge in [0.25, 0.3) is 0 Å². The summed E-state index contributed by atoms with van der Waals surface area (Å²) in [5.74, 6) is 0. The normalized spacial score (nSPS) is 19.9. The number of piperazine rings is 1. The Morgan fingerprint density at radius 1 is 1.35 bits per heavy atom. The lowest BCUT2D eigenvalue weighted by Crippen LogP contribution is -2.45. The lowest BCUT2D eigenvalue weighted by atomic mass is 10.0. The molecule has 3 nitrogen and oxygen atoms in total. The van der Waals surface area contributed by atoms with Gasteiger partial charge in [0.15, 0.2) is 0 Å². The summed E-state index contributed by atoms with van der Waals surface area (Å²) < 4.78 is 38.1. The Morgan fingerprint density at radius 3 is 2.83 bits per heavy atom. The zero-order valence-corrected chi connectivity index (χ0v) is 13.7. The molecule has 1 atom stereocenters. The fourth-order valence-electron chi connectivity index (χ4n) is 2.68. The molecule has 1 aromatic carbocycles. The van der Waals surface area contributed by atoms with E-state index in [1.807, 2.05) is 24.3 Å². The van der Waals surface area contributed by atoms with Crippen LogP contribution in [-0.4, -0.2) is 29.5 Å². The number of benzene rings is 1. The van der Waals surface area contributed by atoms with Gasteiger partial charge in [-0.1, -0.05) is 29.8 Å². The van der Waals surface area contributed by atoms with Crippen LogP contribution in [-0.2, 0) is 12.7 Å². The average molecular weight is 362 g/mol. The molecule has 1 unspecified atom stereocenters. The van der Waals surface area contributed by atoms with Crippen LogP contribution in [0.4, 0.5) is 13.2 Å². The van der Waals surface area contributed by atoms with Gasteiger partial charge in [-0.25, -0.2) is 4.98 Å². The molecule has 2 aromatic rings. The molecule has 1 fully saturated rings. The quantitative estimate of drug-likeness (QED) is 0.896. The number of alkyl halides is 3. The van der Waals surface area contributed by atoms with Crippen molar-refractivity contribution >= 4 is 22.9 Å². The van der Waals surface area contributed by atoms with Gasteiger partial charge in [-0.15, -0.1) is 11.3 Å². The van der Waals surface area contributed by atoms with Crippen LogP contribution in [0.25, 0.3) is 0 Å². The maximum absolute atomic E-state index is 12.7. The van der Waals surface area contributed by atoms with Crippen molar-refractivity contribution in [2.45, 2.75) is 18.8 Å². The first-order chi connectivity index (χ1) is 10.9. The Hall–Kier alpha value is -1.15. The number of nitrogens with zero attached hydrogens (tertiary/aromatic N) is 2. The molecule has 1 aromatic heterocycles. The molecular formula is C15H15ClF3N3S. The number of hydrogen-bond donors (Lipinski definition) is 1. The average Bonchev–Trinajstić information content (AvgIpc) is 2.97. The van der Waals surface area contributed by atoms with E-state index in [2.05, 4.69) is 15.2 Å². The van der Waals surface area contributed by atoms with Crippen LogP contribution in [0, 0.1) is 0 Å². The molecule has 1 saturated heterocycles. The van der Waals surface area contributed by atoms with Gasteiger partial charge in [0.2, 0.25) is 0 Å². The molecule has 0 aliphatic carbocycles. The highest BCUT2D eigenvalue weighted by Gasteiger charge is 2.34. The second kappa shape index (κ2) is 6.76.